The van der Waals surface area contributed by atoms with Crippen LogP contribution in [0.3, 0.4) is 0 Å². The van der Waals surface area contributed by atoms with E-state index in [0.717, 1.165) is 12.3 Å². The number of aliphatic hydroxyl groups is 1. The van der Waals surface area contributed by atoms with Crippen LogP contribution in [0.4, 0.5) is 0 Å². The van der Waals surface area contributed by atoms with Crippen LogP contribution in [0.1, 0.15) is 25.7 Å². The number of nitrogens with two attached hydrogens (primary N) is 1. The first-order chi connectivity index (χ1) is 5.73. The predicted octanol–water partition coefficient (Wildman–Crippen LogP) is 0.265. The van der Waals surface area contributed by atoms with Gasteiger partial charge in [0.15, 0.2) is 0 Å². The third-order valence-corrected chi connectivity index (χ3v) is 2.90. The van der Waals surface area contributed by atoms with Crippen LogP contribution in [0.25, 0.3) is 0 Å². The van der Waals surface area contributed by atoms with Crippen LogP contribution in [-0.4, -0.2) is 30.0 Å². The molecule has 0 spiro atoms. The Morgan fingerprint density at radius 2 is 2.25 bits per heavy atom. The van der Waals surface area contributed by atoms with Crippen molar-refractivity contribution < 1.29 is 9.84 Å². The minimum Gasteiger partial charge on any atom is -0.387 e. The molecule has 0 aromatic heterocycles. The summed E-state index contributed by atoms with van der Waals surface area (Å²) in [5.74, 6) is 0.733. The number of hydrogen-bond acceptors (Lipinski definition) is 3. The highest BCUT2D eigenvalue weighted by molar-refractivity contribution is 4.94. The Morgan fingerprint density at radius 3 is 2.83 bits per heavy atom. The largest absolute Gasteiger partial charge is 0.387 e. The molecular weight excluding hydrogens is 154 g/mol. The summed E-state index contributed by atoms with van der Waals surface area (Å²) < 4.78 is 5.54. The van der Waals surface area contributed by atoms with Crippen LogP contribution in [0.15, 0.2) is 0 Å². The number of ether oxygens (including phenoxy) is 1. The zero-order valence-corrected chi connectivity index (χ0v) is 7.33. The van der Waals surface area contributed by atoms with E-state index < -0.39 is 5.60 Å². The molecule has 12 heavy (non-hydrogen) atoms. The first-order valence-corrected chi connectivity index (χ1v) is 4.77. The average Bonchev–Trinajstić information content (AvgIpc) is 2.78. The fourth-order valence-electron chi connectivity index (χ4n) is 1.97. The van der Waals surface area contributed by atoms with Gasteiger partial charge in [-0.25, -0.2) is 0 Å². The molecule has 2 atom stereocenters. The van der Waals surface area contributed by atoms with Gasteiger partial charge in [0.2, 0.25) is 0 Å². The van der Waals surface area contributed by atoms with E-state index in [2.05, 4.69) is 0 Å². The van der Waals surface area contributed by atoms with Crippen molar-refractivity contribution >= 4 is 0 Å². The van der Waals surface area contributed by atoms with Crippen molar-refractivity contribution in [3.63, 3.8) is 0 Å². The Labute approximate surface area is 72.9 Å². The van der Waals surface area contributed by atoms with Crippen molar-refractivity contribution in [3.8, 4) is 0 Å². The molecule has 70 valence electrons. The molecule has 1 saturated carbocycles. The smallest absolute Gasteiger partial charge is 0.0917 e. The highest BCUT2D eigenvalue weighted by Crippen LogP contribution is 2.41. The summed E-state index contributed by atoms with van der Waals surface area (Å²) >= 11 is 0. The Bertz CT molecular complexity index is 170. The lowest BCUT2D eigenvalue weighted by Crippen LogP contribution is -2.32. The maximum absolute atomic E-state index is 9.93. The maximum Gasteiger partial charge on any atom is 0.0917 e. The maximum atomic E-state index is 9.93. The summed E-state index contributed by atoms with van der Waals surface area (Å²) in [5, 5.41) is 9.93. The lowest BCUT2D eigenvalue weighted by molar-refractivity contribution is 0.0153. The Kier molecular flexibility index (Phi) is 2.10. The second-order valence-electron chi connectivity index (χ2n) is 4.15. The summed E-state index contributed by atoms with van der Waals surface area (Å²) in [7, 11) is 0. The zero-order chi connectivity index (χ0) is 8.60. The van der Waals surface area contributed by atoms with Crippen molar-refractivity contribution in [2.75, 3.05) is 13.2 Å². The molecule has 0 radical (unpaired) electrons. The highest BCUT2D eigenvalue weighted by atomic mass is 16.5. The molecule has 1 saturated heterocycles. The van der Waals surface area contributed by atoms with E-state index in [1.165, 1.54) is 12.8 Å². The molecule has 0 amide bonds. The molecule has 1 aliphatic heterocycles. The number of hydrogen-bond donors (Lipinski definition) is 2. The van der Waals surface area contributed by atoms with Gasteiger partial charge in [0.1, 0.15) is 0 Å². The van der Waals surface area contributed by atoms with Gasteiger partial charge in [-0.2, -0.15) is 0 Å². The van der Waals surface area contributed by atoms with Gasteiger partial charge in [-0.3, -0.25) is 0 Å². The fourth-order valence-corrected chi connectivity index (χ4v) is 1.97. The molecule has 3 heteroatoms. The average molecular weight is 171 g/mol. The van der Waals surface area contributed by atoms with Crippen molar-refractivity contribution in [1.82, 2.24) is 0 Å². The van der Waals surface area contributed by atoms with Gasteiger partial charge >= 0.3 is 0 Å². The molecule has 0 aromatic rings. The zero-order valence-electron chi connectivity index (χ0n) is 7.33. The predicted molar refractivity (Wildman–Crippen MR) is 45.7 cm³/mol. The van der Waals surface area contributed by atoms with Gasteiger partial charge in [0.25, 0.3) is 0 Å². The van der Waals surface area contributed by atoms with Crippen LogP contribution in [-0.2, 0) is 4.74 Å². The highest BCUT2D eigenvalue weighted by Gasteiger charge is 2.44. The van der Waals surface area contributed by atoms with Crippen LogP contribution in [0, 0.1) is 5.92 Å². The van der Waals surface area contributed by atoms with E-state index >= 15 is 0 Å². The molecular formula is C9H17NO2. The molecule has 2 rings (SSSR count). The molecule has 3 N–H and O–H groups in total. The lowest BCUT2D eigenvalue weighted by atomic mass is 9.95. The summed E-state index contributed by atoms with van der Waals surface area (Å²) in [6.45, 7) is 1.04. The SMILES string of the molecule is NCCC1(O)COC(C2CC2)C1. The van der Waals surface area contributed by atoms with Crippen LogP contribution in [0.5, 0.6) is 0 Å². The second-order valence-corrected chi connectivity index (χ2v) is 4.15. The Balaban J connectivity index is 1.86. The van der Waals surface area contributed by atoms with Gasteiger partial charge in [-0.1, -0.05) is 0 Å². The van der Waals surface area contributed by atoms with E-state index in [0.29, 0.717) is 25.7 Å². The molecule has 2 aliphatic rings. The molecule has 1 heterocycles. The molecule has 0 bridgehead atoms. The van der Waals surface area contributed by atoms with E-state index in [1.54, 1.807) is 0 Å². The summed E-state index contributed by atoms with van der Waals surface area (Å²) in [6.07, 6.45) is 4.36. The van der Waals surface area contributed by atoms with Crippen molar-refractivity contribution in [3.05, 3.63) is 0 Å². The quantitative estimate of drug-likeness (QED) is 0.640. The number of rotatable bonds is 3. The third-order valence-electron chi connectivity index (χ3n) is 2.90. The summed E-state index contributed by atoms with van der Waals surface area (Å²) in [4.78, 5) is 0. The summed E-state index contributed by atoms with van der Waals surface area (Å²) in [5.41, 5.74) is 4.81. The fraction of sp³-hybridized carbons (Fsp3) is 1.00. The van der Waals surface area contributed by atoms with Gasteiger partial charge in [-0.05, 0) is 31.7 Å². The van der Waals surface area contributed by atoms with Crippen molar-refractivity contribution in [2.24, 2.45) is 11.7 Å². The van der Waals surface area contributed by atoms with Gasteiger partial charge in [0, 0.05) is 6.42 Å². The van der Waals surface area contributed by atoms with Gasteiger partial charge < -0.3 is 15.6 Å². The topological polar surface area (TPSA) is 55.5 Å². The standard InChI is InChI=1S/C9H17NO2/c10-4-3-9(11)5-8(12-6-9)7-1-2-7/h7-8,11H,1-6,10H2. The minimum absolute atomic E-state index is 0.321. The normalized spacial score (nSPS) is 42.0. The second kappa shape index (κ2) is 2.98. The monoisotopic (exact) mass is 171 g/mol. The van der Waals surface area contributed by atoms with Crippen molar-refractivity contribution in [1.29, 1.82) is 0 Å². The third kappa shape index (κ3) is 1.63. The Hall–Kier alpha value is -0.120. The lowest BCUT2D eigenvalue weighted by Gasteiger charge is -2.18. The molecule has 3 nitrogen and oxygen atoms in total. The first kappa shape index (κ1) is 8.48. The van der Waals surface area contributed by atoms with Gasteiger partial charge in [0.05, 0.1) is 18.3 Å². The van der Waals surface area contributed by atoms with E-state index in [9.17, 15) is 5.11 Å². The van der Waals surface area contributed by atoms with Crippen LogP contribution >= 0.6 is 0 Å². The molecule has 2 unspecified atom stereocenters. The van der Waals surface area contributed by atoms with Crippen LogP contribution < -0.4 is 5.73 Å². The van der Waals surface area contributed by atoms with E-state index in [1.807, 2.05) is 0 Å². The minimum atomic E-state index is -0.609. The molecule has 0 aromatic carbocycles. The first-order valence-electron chi connectivity index (χ1n) is 4.77. The van der Waals surface area contributed by atoms with Crippen LogP contribution in [0.2, 0.25) is 0 Å². The summed E-state index contributed by atoms with van der Waals surface area (Å²) in [6, 6.07) is 0. The molecule has 2 fully saturated rings. The van der Waals surface area contributed by atoms with Gasteiger partial charge in [-0.15, -0.1) is 0 Å². The van der Waals surface area contributed by atoms with E-state index in [-0.39, 0.29) is 0 Å². The Morgan fingerprint density at radius 1 is 1.50 bits per heavy atom. The molecule has 1 aliphatic carbocycles. The van der Waals surface area contributed by atoms with Crippen molar-refractivity contribution in [2.45, 2.75) is 37.4 Å². The van der Waals surface area contributed by atoms with E-state index in [4.69, 9.17) is 10.5 Å².